The van der Waals surface area contributed by atoms with Crippen LogP contribution in [-0.2, 0) is 12.8 Å². The van der Waals surface area contributed by atoms with Crippen molar-refractivity contribution in [3.8, 4) is 0 Å². The highest BCUT2D eigenvalue weighted by atomic mass is 35.5. The molecule has 0 bridgehead atoms. The zero-order valence-electron chi connectivity index (χ0n) is 10.3. The molecule has 0 nitrogen and oxygen atoms in total. The molecule has 0 N–H and O–H groups in total. The van der Waals surface area contributed by atoms with Crippen LogP contribution in [0.4, 0.5) is 0 Å². The van der Waals surface area contributed by atoms with Crippen LogP contribution < -0.4 is 0 Å². The Morgan fingerprint density at radius 3 is 2.50 bits per heavy atom. The Bertz CT molecular complexity index is 352. The van der Waals surface area contributed by atoms with Gasteiger partial charge in [-0.15, -0.1) is 11.6 Å². The van der Waals surface area contributed by atoms with Crippen molar-refractivity contribution in [3.63, 3.8) is 0 Å². The van der Waals surface area contributed by atoms with E-state index >= 15 is 0 Å². The van der Waals surface area contributed by atoms with E-state index in [1.54, 1.807) is 0 Å². The van der Waals surface area contributed by atoms with E-state index in [4.69, 9.17) is 11.6 Å². The molecule has 1 aromatic rings. The summed E-state index contributed by atoms with van der Waals surface area (Å²) >= 11 is 6.62. The minimum Gasteiger partial charge on any atom is -0.118 e. The molecule has 0 aromatic heterocycles. The van der Waals surface area contributed by atoms with Crippen LogP contribution in [0.15, 0.2) is 18.2 Å². The molecule has 2 rings (SSSR count). The van der Waals surface area contributed by atoms with Crippen molar-refractivity contribution >= 4 is 11.6 Å². The Balaban J connectivity index is 2.27. The second kappa shape index (κ2) is 5.23. The van der Waals surface area contributed by atoms with Crippen molar-refractivity contribution in [2.24, 2.45) is 5.92 Å². The Kier molecular flexibility index (Phi) is 3.91. The van der Waals surface area contributed by atoms with E-state index in [2.05, 4.69) is 32.0 Å². The predicted octanol–water partition coefficient (Wildman–Crippen LogP) is 4.89. The molecule has 88 valence electrons. The summed E-state index contributed by atoms with van der Waals surface area (Å²) in [5, 5.41) is 0.246. The number of aryl methyl sites for hydroxylation is 2. The molecule has 1 fully saturated rings. The smallest absolute Gasteiger partial charge is 0.0616 e. The molecule has 0 aliphatic heterocycles. The summed E-state index contributed by atoms with van der Waals surface area (Å²) in [7, 11) is 0. The van der Waals surface area contributed by atoms with Gasteiger partial charge in [0.25, 0.3) is 0 Å². The van der Waals surface area contributed by atoms with E-state index in [9.17, 15) is 0 Å². The lowest BCUT2D eigenvalue weighted by molar-refractivity contribution is 0.305. The third-order valence-electron chi connectivity index (χ3n) is 3.86. The van der Waals surface area contributed by atoms with Crippen LogP contribution in [0, 0.1) is 5.92 Å². The van der Waals surface area contributed by atoms with Crippen LogP contribution in [0.5, 0.6) is 0 Å². The second-order valence-electron chi connectivity index (χ2n) is 4.83. The normalized spacial score (nSPS) is 18.2. The minimum atomic E-state index is 0.246. The molecule has 1 aliphatic carbocycles. The first-order valence-electron chi connectivity index (χ1n) is 6.52. The summed E-state index contributed by atoms with van der Waals surface area (Å²) in [5.41, 5.74) is 4.24. The lowest BCUT2D eigenvalue weighted by atomic mass is 9.79. The zero-order chi connectivity index (χ0) is 11.5. The average Bonchev–Trinajstić information content (AvgIpc) is 2.25. The quantitative estimate of drug-likeness (QED) is 0.653. The molecule has 1 unspecified atom stereocenters. The SMILES string of the molecule is CCc1ccc(CC)c(C(Cl)C2CCC2)c1. The Labute approximate surface area is 104 Å². The standard InChI is InChI=1S/C15H21Cl/c1-3-11-8-9-12(4-2)14(10-11)15(16)13-6-5-7-13/h8-10,13,15H,3-7H2,1-2H3. The molecule has 1 aliphatic rings. The first-order valence-corrected chi connectivity index (χ1v) is 6.95. The summed E-state index contributed by atoms with van der Waals surface area (Å²) < 4.78 is 0. The fraction of sp³-hybridized carbons (Fsp3) is 0.600. The van der Waals surface area contributed by atoms with Crippen LogP contribution in [-0.4, -0.2) is 0 Å². The van der Waals surface area contributed by atoms with Gasteiger partial charge in [-0.05, 0) is 48.3 Å². The monoisotopic (exact) mass is 236 g/mol. The maximum atomic E-state index is 6.62. The molecule has 1 atom stereocenters. The van der Waals surface area contributed by atoms with Gasteiger partial charge in [-0.1, -0.05) is 38.5 Å². The molecule has 0 spiro atoms. The van der Waals surface area contributed by atoms with Gasteiger partial charge < -0.3 is 0 Å². The van der Waals surface area contributed by atoms with Gasteiger partial charge in [0, 0.05) is 0 Å². The van der Waals surface area contributed by atoms with Gasteiger partial charge in [-0.3, -0.25) is 0 Å². The fourth-order valence-corrected chi connectivity index (χ4v) is 2.88. The lowest BCUT2D eigenvalue weighted by Crippen LogP contribution is -2.17. The van der Waals surface area contributed by atoms with Crippen molar-refractivity contribution in [3.05, 3.63) is 34.9 Å². The Morgan fingerprint density at radius 1 is 1.25 bits per heavy atom. The predicted molar refractivity (Wildman–Crippen MR) is 71.1 cm³/mol. The number of hydrogen-bond donors (Lipinski definition) is 0. The second-order valence-corrected chi connectivity index (χ2v) is 5.30. The largest absolute Gasteiger partial charge is 0.118 e. The average molecular weight is 237 g/mol. The number of hydrogen-bond acceptors (Lipinski definition) is 0. The van der Waals surface area contributed by atoms with E-state index < -0.39 is 0 Å². The molecular weight excluding hydrogens is 216 g/mol. The molecule has 16 heavy (non-hydrogen) atoms. The van der Waals surface area contributed by atoms with Gasteiger partial charge in [0.15, 0.2) is 0 Å². The van der Waals surface area contributed by atoms with Crippen LogP contribution in [0.25, 0.3) is 0 Å². The molecule has 1 heteroatoms. The summed E-state index contributed by atoms with van der Waals surface area (Å²) in [5.74, 6) is 0.721. The van der Waals surface area contributed by atoms with Crippen LogP contribution in [0.1, 0.15) is 55.2 Å². The van der Waals surface area contributed by atoms with Crippen molar-refractivity contribution in [2.75, 3.05) is 0 Å². The van der Waals surface area contributed by atoms with Crippen molar-refractivity contribution in [1.82, 2.24) is 0 Å². The van der Waals surface area contributed by atoms with Crippen LogP contribution in [0.2, 0.25) is 0 Å². The molecule has 0 radical (unpaired) electrons. The van der Waals surface area contributed by atoms with Crippen molar-refractivity contribution in [1.29, 1.82) is 0 Å². The van der Waals surface area contributed by atoms with Gasteiger partial charge in [0.1, 0.15) is 0 Å². The minimum absolute atomic E-state index is 0.246. The van der Waals surface area contributed by atoms with E-state index in [1.807, 2.05) is 0 Å². The summed E-state index contributed by atoms with van der Waals surface area (Å²) in [6, 6.07) is 6.84. The summed E-state index contributed by atoms with van der Waals surface area (Å²) in [6.07, 6.45) is 6.19. The lowest BCUT2D eigenvalue weighted by Gasteiger charge is -2.31. The molecule has 1 saturated carbocycles. The highest BCUT2D eigenvalue weighted by Gasteiger charge is 2.28. The summed E-state index contributed by atoms with van der Waals surface area (Å²) in [6.45, 7) is 4.42. The van der Waals surface area contributed by atoms with Crippen molar-refractivity contribution in [2.45, 2.75) is 51.3 Å². The van der Waals surface area contributed by atoms with Gasteiger partial charge in [0.2, 0.25) is 0 Å². The van der Waals surface area contributed by atoms with Gasteiger partial charge in [-0.25, -0.2) is 0 Å². The van der Waals surface area contributed by atoms with E-state index in [-0.39, 0.29) is 5.38 Å². The van der Waals surface area contributed by atoms with Crippen LogP contribution >= 0.6 is 11.6 Å². The number of alkyl halides is 1. The van der Waals surface area contributed by atoms with Gasteiger partial charge in [-0.2, -0.15) is 0 Å². The molecule has 1 aromatic carbocycles. The van der Waals surface area contributed by atoms with E-state index in [1.165, 1.54) is 36.0 Å². The number of rotatable bonds is 4. The van der Waals surface area contributed by atoms with Gasteiger partial charge in [0.05, 0.1) is 5.38 Å². The van der Waals surface area contributed by atoms with Crippen LogP contribution in [0.3, 0.4) is 0 Å². The zero-order valence-corrected chi connectivity index (χ0v) is 11.1. The molecular formula is C15H21Cl. The summed E-state index contributed by atoms with van der Waals surface area (Å²) in [4.78, 5) is 0. The molecule has 0 amide bonds. The number of halogens is 1. The molecule has 0 saturated heterocycles. The highest BCUT2D eigenvalue weighted by molar-refractivity contribution is 6.21. The first-order chi connectivity index (χ1) is 7.76. The number of benzene rings is 1. The fourth-order valence-electron chi connectivity index (χ4n) is 2.43. The first kappa shape index (κ1) is 12.0. The highest BCUT2D eigenvalue weighted by Crippen LogP contribution is 2.43. The topological polar surface area (TPSA) is 0 Å². The Morgan fingerprint density at radius 2 is 2.00 bits per heavy atom. The van der Waals surface area contributed by atoms with E-state index in [0.29, 0.717) is 0 Å². The Hall–Kier alpha value is -0.490. The van der Waals surface area contributed by atoms with Gasteiger partial charge >= 0.3 is 0 Å². The third-order valence-corrected chi connectivity index (χ3v) is 4.45. The maximum Gasteiger partial charge on any atom is 0.0616 e. The van der Waals surface area contributed by atoms with Crippen molar-refractivity contribution < 1.29 is 0 Å². The van der Waals surface area contributed by atoms with E-state index in [0.717, 1.165) is 18.8 Å². The molecule has 0 heterocycles. The third kappa shape index (κ3) is 2.27. The maximum absolute atomic E-state index is 6.62.